The second kappa shape index (κ2) is 33.2. The Balaban J connectivity index is 1.20. The van der Waals surface area contributed by atoms with Crippen molar-refractivity contribution in [3.63, 3.8) is 0 Å². The average Bonchev–Trinajstić information content (AvgIpc) is 0.972. The lowest BCUT2D eigenvalue weighted by molar-refractivity contribution is -0.247. The summed E-state index contributed by atoms with van der Waals surface area (Å²) in [6.45, 7) is 4.16. The summed E-state index contributed by atoms with van der Waals surface area (Å²) in [5.41, 5.74) is 2.29. The zero-order chi connectivity index (χ0) is 65.2. The van der Waals surface area contributed by atoms with Gasteiger partial charge in [0.2, 0.25) is 23.5 Å². The number of amides is 3. The van der Waals surface area contributed by atoms with Gasteiger partial charge in [-0.3, -0.25) is 57.5 Å². The largest absolute Gasteiger partial charge is 0.507 e. The van der Waals surface area contributed by atoms with Crippen molar-refractivity contribution in [2.75, 3.05) is 47.0 Å². The lowest BCUT2D eigenvalue weighted by Gasteiger charge is -2.42. The number of aryl methyl sites for hydroxylation is 1. The van der Waals surface area contributed by atoms with Crippen LogP contribution in [0.3, 0.4) is 0 Å². The number of fused-ring (bicyclic) bond motifs is 3. The predicted octanol–water partition coefficient (Wildman–Crippen LogP) is -0.379. The SMILES string of the molecule is COC(=O)CCC(=O)NCCCCC(NCC(=O)[C@H](CCCCNC(=O)CCC(=O)OC)NCC(=O)[C@H](NC(=O)CCC(=O)OCC(=O)[C@]1(O)Cc2c(O)c3c(c(O)c2[C@@H](OC2CC(N)C(O)C(C)O2)C1)C(=O)c1c(C)cccc1C3=O)C(C)O)C(C)=O. The number of nitrogens with one attached hydrogen (secondary N) is 5. The fourth-order valence-electron chi connectivity index (χ4n) is 10.6. The molecule has 0 radical (unpaired) electrons. The Hall–Kier alpha value is -7.44. The van der Waals surface area contributed by atoms with Crippen molar-refractivity contribution in [2.45, 2.75) is 184 Å². The molecular weight excluding hydrogens is 1160 g/mol. The summed E-state index contributed by atoms with van der Waals surface area (Å²) in [7, 11) is 2.42. The summed E-state index contributed by atoms with van der Waals surface area (Å²) >= 11 is 0. The fraction of sp³-hybridized carbons (Fsp3) is 0.600. The van der Waals surface area contributed by atoms with Crippen LogP contribution in [0.15, 0.2) is 18.2 Å². The molecular formula is C60H82N6O22. The highest BCUT2D eigenvalue weighted by Gasteiger charge is 2.50. The van der Waals surface area contributed by atoms with Gasteiger partial charge in [0.1, 0.15) is 28.9 Å². The second-order valence-corrected chi connectivity index (χ2v) is 22.3. The van der Waals surface area contributed by atoms with E-state index in [0.29, 0.717) is 37.7 Å². The van der Waals surface area contributed by atoms with Crippen LogP contribution >= 0.6 is 0 Å². The Morgan fingerprint density at radius 1 is 0.750 bits per heavy atom. The molecule has 1 fully saturated rings. The van der Waals surface area contributed by atoms with Crippen molar-refractivity contribution in [1.29, 1.82) is 0 Å². The van der Waals surface area contributed by atoms with Gasteiger partial charge in [0.05, 0.1) is 94.2 Å². The summed E-state index contributed by atoms with van der Waals surface area (Å²) < 4.78 is 26.3. The molecule has 12 N–H and O–H groups in total. The second-order valence-electron chi connectivity index (χ2n) is 22.3. The monoisotopic (exact) mass is 1240 g/mol. The van der Waals surface area contributed by atoms with Crippen molar-refractivity contribution in [3.8, 4) is 11.5 Å². The van der Waals surface area contributed by atoms with E-state index in [9.17, 15) is 83.1 Å². The number of aliphatic hydroxyl groups is 3. The molecule has 2 aromatic carbocycles. The number of benzene rings is 2. The molecule has 0 spiro atoms. The number of phenolic OH excluding ortho intramolecular Hbond substituents is 2. The van der Waals surface area contributed by atoms with Crippen LogP contribution in [0.25, 0.3) is 0 Å². The minimum atomic E-state index is -2.55. The third-order valence-corrected chi connectivity index (χ3v) is 15.7. The van der Waals surface area contributed by atoms with Gasteiger partial charge in [-0.25, -0.2) is 0 Å². The van der Waals surface area contributed by atoms with Crippen LogP contribution < -0.4 is 32.3 Å². The maximum Gasteiger partial charge on any atom is 0.306 e. The number of carbonyl (C=O) groups is 12. The van der Waals surface area contributed by atoms with Gasteiger partial charge in [-0.05, 0) is 71.8 Å². The molecule has 3 amide bonds. The molecule has 2 aliphatic carbocycles. The van der Waals surface area contributed by atoms with Crippen LogP contribution in [0.2, 0.25) is 0 Å². The van der Waals surface area contributed by atoms with Gasteiger partial charge in [0.25, 0.3) is 0 Å². The number of phenols is 2. The highest BCUT2D eigenvalue weighted by atomic mass is 16.7. The number of ether oxygens (including phenoxy) is 5. The zero-order valence-corrected chi connectivity index (χ0v) is 50.3. The number of esters is 3. The van der Waals surface area contributed by atoms with Gasteiger partial charge in [0.15, 0.2) is 36.0 Å². The van der Waals surface area contributed by atoms with Crippen molar-refractivity contribution in [3.05, 3.63) is 57.1 Å². The maximum atomic E-state index is 14.0. The van der Waals surface area contributed by atoms with Crippen molar-refractivity contribution < 1.29 is 107 Å². The Morgan fingerprint density at radius 2 is 1.31 bits per heavy atom. The lowest BCUT2D eigenvalue weighted by Crippen LogP contribution is -2.53. The number of methoxy groups -OCH3 is 2. The van der Waals surface area contributed by atoms with Gasteiger partial charge < -0.3 is 81.5 Å². The average molecular weight is 1240 g/mol. The summed E-state index contributed by atoms with van der Waals surface area (Å²) in [6, 6.07) is 0.288. The number of aliphatic hydroxyl groups excluding tert-OH is 2. The van der Waals surface area contributed by atoms with Crippen LogP contribution in [-0.4, -0.2) is 197 Å². The van der Waals surface area contributed by atoms with Crippen LogP contribution in [-0.2, 0) is 78.1 Å². The van der Waals surface area contributed by atoms with Crippen molar-refractivity contribution in [1.82, 2.24) is 26.6 Å². The van der Waals surface area contributed by atoms with E-state index in [1.165, 1.54) is 47.1 Å². The van der Waals surface area contributed by atoms with E-state index < -0.39 is 181 Å². The number of aromatic hydroxyl groups is 2. The van der Waals surface area contributed by atoms with Crippen LogP contribution in [0.5, 0.6) is 11.5 Å². The van der Waals surface area contributed by atoms with Gasteiger partial charge in [-0.1, -0.05) is 18.2 Å². The van der Waals surface area contributed by atoms with E-state index in [1.807, 2.05) is 0 Å². The highest BCUT2D eigenvalue weighted by molar-refractivity contribution is 6.31. The van der Waals surface area contributed by atoms with Gasteiger partial charge >= 0.3 is 17.9 Å². The maximum absolute atomic E-state index is 14.0. The third kappa shape index (κ3) is 19.3. The summed E-state index contributed by atoms with van der Waals surface area (Å²) in [5, 5.41) is 70.5. The number of carbonyl (C=O) groups excluding carboxylic acids is 12. The molecule has 1 heterocycles. The van der Waals surface area contributed by atoms with Crippen LogP contribution in [0.4, 0.5) is 0 Å². The molecule has 3 aliphatic rings. The molecule has 0 saturated carbocycles. The molecule has 1 aliphatic heterocycles. The van der Waals surface area contributed by atoms with E-state index in [4.69, 9.17) is 19.9 Å². The number of hydrogen-bond donors (Lipinski definition) is 11. The molecule has 10 atom stereocenters. The van der Waals surface area contributed by atoms with E-state index in [1.54, 1.807) is 13.0 Å². The molecule has 5 rings (SSSR count). The standard InChI is InChI=1S/C60H82N6O22/c1-30-12-11-13-34-50(30)58(81)53-52(56(34)79)57(80)35-25-60(83,26-41(51(35)59(53)82)88-49-24-36(61)55(78)33(4)87-49)42(71)29-86-48(77)21-18-45(74)66-54(32(3)68)40(70)28-65-38(15-8-10-23-63-44(73)17-20-47(76)85-6)39(69)27-64-37(31(2)67)14-7-9-22-62-43(72)16-19-46(75)84-5/h11-13,32-33,36-38,41,49,54-55,64-65,68,78,80,82-83H,7-10,14-29,61H2,1-6H3,(H,62,72)(H,63,73)(H,66,74)/t32?,33?,36?,37?,38-,41-,49?,54+,55?,60-/m0/s1. The smallest absolute Gasteiger partial charge is 0.306 e. The van der Waals surface area contributed by atoms with E-state index in [-0.39, 0.29) is 92.1 Å². The van der Waals surface area contributed by atoms with E-state index in [0.717, 1.165) is 0 Å². The molecule has 2 aromatic rings. The molecule has 28 heteroatoms. The quantitative estimate of drug-likeness (QED) is 0.0155. The predicted molar refractivity (Wildman–Crippen MR) is 307 cm³/mol. The molecule has 88 heavy (non-hydrogen) atoms. The van der Waals surface area contributed by atoms with Crippen molar-refractivity contribution >= 4 is 70.3 Å². The first-order valence-corrected chi connectivity index (χ1v) is 29.2. The van der Waals surface area contributed by atoms with E-state index in [2.05, 4.69) is 36.1 Å². The molecule has 484 valence electrons. The first kappa shape index (κ1) is 71.3. The number of rotatable bonds is 35. The number of hydrogen-bond acceptors (Lipinski definition) is 25. The van der Waals surface area contributed by atoms with Gasteiger partial charge in [-0.15, -0.1) is 0 Å². The Morgan fingerprint density at radius 3 is 1.89 bits per heavy atom. The van der Waals surface area contributed by atoms with Crippen LogP contribution in [0, 0.1) is 6.92 Å². The minimum Gasteiger partial charge on any atom is -0.507 e. The van der Waals surface area contributed by atoms with Gasteiger partial charge in [-0.2, -0.15) is 0 Å². The fourth-order valence-corrected chi connectivity index (χ4v) is 10.6. The Bertz CT molecular complexity index is 2940. The number of ketones is 6. The molecule has 0 bridgehead atoms. The van der Waals surface area contributed by atoms with Crippen molar-refractivity contribution in [2.24, 2.45) is 5.73 Å². The topological polar surface area (TPSA) is 438 Å². The molecule has 28 nitrogen and oxygen atoms in total. The van der Waals surface area contributed by atoms with Crippen LogP contribution in [0.1, 0.15) is 165 Å². The molecule has 1 saturated heterocycles. The summed E-state index contributed by atoms with van der Waals surface area (Å²) in [6.07, 6.45) is -7.36. The normalized spacial score (nSPS) is 20.8. The number of unbranched alkanes of at least 4 members (excludes halogenated alkanes) is 2. The van der Waals surface area contributed by atoms with Gasteiger partial charge in [0, 0.05) is 79.9 Å². The summed E-state index contributed by atoms with van der Waals surface area (Å²) in [5.74, 6) is -9.66. The molecule has 6 unspecified atom stereocenters. The minimum absolute atomic E-state index is 0.00202. The first-order valence-electron chi connectivity index (χ1n) is 29.2. The summed E-state index contributed by atoms with van der Waals surface area (Å²) in [4.78, 5) is 155. The third-order valence-electron chi connectivity index (χ3n) is 15.7. The zero-order valence-electron chi connectivity index (χ0n) is 50.3. The lowest BCUT2D eigenvalue weighted by atomic mass is 9.71. The Kier molecular flexibility index (Phi) is 26.9. The highest BCUT2D eigenvalue weighted by Crippen LogP contribution is 2.52. The first-order chi connectivity index (χ1) is 41.6. The van der Waals surface area contributed by atoms with E-state index >= 15 is 0 Å². The number of Topliss-reactive ketones (excluding diaryl/α,β-unsaturated/α-hetero) is 4. The number of nitrogens with two attached hydrogens (primary N) is 1. The Labute approximate surface area is 508 Å². The molecule has 0 aromatic heterocycles.